The molecule has 0 aromatic heterocycles. The van der Waals surface area contributed by atoms with E-state index in [4.69, 9.17) is 10.5 Å². The van der Waals surface area contributed by atoms with Crippen LogP contribution in [-0.2, 0) is 6.54 Å². The lowest BCUT2D eigenvalue weighted by molar-refractivity contribution is 0.287. The molecule has 0 spiro atoms. The second kappa shape index (κ2) is 11.6. The molecule has 0 aliphatic heterocycles. The van der Waals surface area contributed by atoms with E-state index in [1.807, 2.05) is 24.3 Å². The van der Waals surface area contributed by atoms with Gasteiger partial charge in [0, 0.05) is 12.1 Å². The molecule has 0 atom stereocenters. The minimum atomic E-state index is 0. The fourth-order valence-corrected chi connectivity index (χ4v) is 1.71. The van der Waals surface area contributed by atoms with Crippen LogP contribution in [0.1, 0.15) is 39.7 Å². The van der Waals surface area contributed by atoms with Gasteiger partial charge in [0.15, 0.2) is 5.96 Å². The van der Waals surface area contributed by atoms with Crippen molar-refractivity contribution in [2.24, 2.45) is 22.6 Å². The van der Waals surface area contributed by atoms with Crippen LogP contribution >= 0.6 is 24.0 Å². The average molecular weight is 419 g/mol. The zero-order chi connectivity index (χ0) is 15.7. The third-order valence-corrected chi connectivity index (χ3v) is 3.04. The molecule has 4 nitrogen and oxygen atoms in total. The van der Waals surface area contributed by atoms with Gasteiger partial charge in [-0.25, -0.2) is 4.99 Å². The second-order valence-electron chi connectivity index (χ2n) is 6.11. The summed E-state index contributed by atoms with van der Waals surface area (Å²) < 4.78 is 5.85. The van der Waals surface area contributed by atoms with Gasteiger partial charge in [-0.3, -0.25) is 0 Å². The third-order valence-electron chi connectivity index (χ3n) is 3.04. The van der Waals surface area contributed by atoms with E-state index >= 15 is 0 Å². The first-order valence-corrected chi connectivity index (χ1v) is 7.73. The predicted octanol–water partition coefficient (Wildman–Crippen LogP) is 3.79. The zero-order valence-electron chi connectivity index (χ0n) is 14.1. The van der Waals surface area contributed by atoms with E-state index in [2.05, 4.69) is 38.0 Å². The number of guanidine groups is 1. The summed E-state index contributed by atoms with van der Waals surface area (Å²) in [6, 6.07) is 8.00. The van der Waals surface area contributed by atoms with Crippen molar-refractivity contribution in [3.05, 3.63) is 29.8 Å². The maximum Gasteiger partial charge on any atom is 0.188 e. The van der Waals surface area contributed by atoms with Crippen LogP contribution in [-0.4, -0.2) is 19.1 Å². The molecular formula is C17H30IN3O. The minimum Gasteiger partial charge on any atom is -0.493 e. The summed E-state index contributed by atoms with van der Waals surface area (Å²) in [7, 11) is 0. The molecule has 5 heteroatoms. The van der Waals surface area contributed by atoms with Gasteiger partial charge in [-0.1, -0.05) is 45.9 Å². The molecule has 0 bridgehead atoms. The van der Waals surface area contributed by atoms with Crippen molar-refractivity contribution in [1.29, 1.82) is 0 Å². The Kier molecular flexibility index (Phi) is 11.1. The maximum atomic E-state index is 5.86. The molecule has 0 aliphatic carbocycles. The van der Waals surface area contributed by atoms with Crippen LogP contribution in [0.5, 0.6) is 5.75 Å². The van der Waals surface area contributed by atoms with Crippen LogP contribution in [0.4, 0.5) is 0 Å². The molecule has 0 aliphatic rings. The van der Waals surface area contributed by atoms with Crippen molar-refractivity contribution < 1.29 is 4.74 Å². The second-order valence-corrected chi connectivity index (χ2v) is 6.11. The Hall–Kier alpha value is -0.980. The lowest BCUT2D eigenvalue weighted by Crippen LogP contribution is -2.34. The van der Waals surface area contributed by atoms with Crippen LogP contribution in [0.15, 0.2) is 29.3 Å². The first-order valence-electron chi connectivity index (χ1n) is 7.73. The summed E-state index contributed by atoms with van der Waals surface area (Å²) in [4.78, 5) is 4.37. The number of rotatable bonds is 8. The first-order chi connectivity index (χ1) is 9.99. The van der Waals surface area contributed by atoms with E-state index in [0.717, 1.165) is 30.9 Å². The molecule has 1 aromatic rings. The van der Waals surface area contributed by atoms with Crippen molar-refractivity contribution in [2.45, 2.75) is 40.7 Å². The Morgan fingerprint density at radius 3 is 2.50 bits per heavy atom. The molecule has 0 amide bonds. The van der Waals surface area contributed by atoms with E-state index in [1.165, 1.54) is 0 Å². The molecule has 0 saturated carbocycles. The first kappa shape index (κ1) is 21.0. The van der Waals surface area contributed by atoms with E-state index in [9.17, 15) is 0 Å². The highest BCUT2D eigenvalue weighted by molar-refractivity contribution is 14.0. The van der Waals surface area contributed by atoms with Crippen molar-refractivity contribution in [2.75, 3.05) is 13.2 Å². The number of ether oxygens (including phenoxy) is 1. The van der Waals surface area contributed by atoms with E-state index in [1.54, 1.807) is 0 Å². The normalized spacial score (nSPS) is 11.5. The number of halogens is 1. The van der Waals surface area contributed by atoms with Crippen molar-refractivity contribution in [3.8, 4) is 5.75 Å². The minimum absolute atomic E-state index is 0. The van der Waals surface area contributed by atoms with Gasteiger partial charge in [0.2, 0.25) is 0 Å². The smallest absolute Gasteiger partial charge is 0.188 e. The molecule has 1 rings (SSSR count). The molecule has 0 heterocycles. The van der Waals surface area contributed by atoms with Gasteiger partial charge in [-0.05, 0) is 24.3 Å². The number of benzene rings is 1. The molecule has 0 unspecified atom stereocenters. The Morgan fingerprint density at radius 2 is 1.86 bits per heavy atom. The number of hydrogen-bond donors (Lipinski definition) is 2. The van der Waals surface area contributed by atoms with Crippen molar-refractivity contribution >= 4 is 29.9 Å². The van der Waals surface area contributed by atoms with Gasteiger partial charge in [-0.15, -0.1) is 24.0 Å². The number of hydrogen-bond acceptors (Lipinski definition) is 2. The van der Waals surface area contributed by atoms with Gasteiger partial charge in [0.1, 0.15) is 5.75 Å². The quantitative estimate of drug-likeness (QED) is 0.383. The SMILES string of the molecule is CC(C)CCOc1ccccc1CN=C(N)NCC(C)C.I. The van der Waals surface area contributed by atoms with Crippen LogP contribution in [0.25, 0.3) is 0 Å². The molecule has 0 fully saturated rings. The van der Waals surface area contributed by atoms with Gasteiger partial charge in [0.05, 0.1) is 13.2 Å². The lowest BCUT2D eigenvalue weighted by atomic mass is 10.1. The van der Waals surface area contributed by atoms with E-state index < -0.39 is 0 Å². The van der Waals surface area contributed by atoms with Gasteiger partial charge in [-0.2, -0.15) is 0 Å². The summed E-state index contributed by atoms with van der Waals surface area (Å²) in [6.07, 6.45) is 1.05. The molecule has 126 valence electrons. The van der Waals surface area contributed by atoms with Crippen LogP contribution in [0.3, 0.4) is 0 Å². The van der Waals surface area contributed by atoms with Crippen LogP contribution in [0, 0.1) is 11.8 Å². The summed E-state index contributed by atoms with van der Waals surface area (Å²) in [5.74, 6) is 2.58. The fraction of sp³-hybridized carbons (Fsp3) is 0.588. The van der Waals surface area contributed by atoms with Gasteiger partial charge < -0.3 is 15.8 Å². The Bertz CT molecular complexity index is 447. The molecule has 3 N–H and O–H groups in total. The lowest BCUT2D eigenvalue weighted by Gasteiger charge is -2.12. The molecule has 0 saturated heterocycles. The molecular weight excluding hydrogens is 389 g/mol. The highest BCUT2D eigenvalue weighted by Gasteiger charge is 2.03. The summed E-state index contributed by atoms with van der Waals surface area (Å²) in [5, 5.41) is 3.12. The Balaban J connectivity index is 0.00000441. The van der Waals surface area contributed by atoms with E-state index in [-0.39, 0.29) is 24.0 Å². The van der Waals surface area contributed by atoms with Gasteiger partial charge >= 0.3 is 0 Å². The third kappa shape index (κ3) is 9.12. The number of aliphatic imine (C=N–C) groups is 1. The van der Waals surface area contributed by atoms with Crippen LogP contribution < -0.4 is 15.8 Å². The van der Waals surface area contributed by atoms with Gasteiger partial charge in [0.25, 0.3) is 0 Å². The number of para-hydroxylation sites is 1. The highest BCUT2D eigenvalue weighted by atomic mass is 127. The standard InChI is InChI=1S/C17H29N3O.HI/c1-13(2)9-10-21-16-8-6-5-7-15(16)12-20-17(18)19-11-14(3)4;/h5-8,13-14H,9-12H2,1-4H3,(H3,18,19,20);1H. The number of nitrogens with one attached hydrogen (secondary N) is 1. The fourth-order valence-electron chi connectivity index (χ4n) is 1.71. The average Bonchev–Trinajstić information content (AvgIpc) is 2.43. The number of nitrogens with two attached hydrogens (primary N) is 1. The summed E-state index contributed by atoms with van der Waals surface area (Å²) >= 11 is 0. The summed E-state index contributed by atoms with van der Waals surface area (Å²) in [5.41, 5.74) is 6.92. The zero-order valence-corrected chi connectivity index (χ0v) is 16.5. The molecule has 1 aromatic carbocycles. The largest absolute Gasteiger partial charge is 0.493 e. The summed E-state index contributed by atoms with van der Waals surface area (Å²) in [6.45, 7) is 10.8. The maximum absolute atomic E-state index is 5.86. The molecule has 22 heavy (non-hydrogen) atoms. The van der Waals surface area contributed by atoms with E-state index in [0.29, 0.717) is 24.3 Å². The van der Waals surface area contributed by atoms with Crippen LogP contribution in [0.2, 0.25) is 0 Å². The Morgan fingerprint density at radius 1 is 1.18 bits per heavy atom. The topological polar surface area (TPSA) is 59.6 Å². The van der Waals surface area contributed by atoms with Crippen molar-refractivity contribution in [3.63, 3.8) is 0 Å². The number of nitrogens with zero attached hydrogens (tertiary/aromatic N) is 1. The highest BCUT2D eigenvalue weighted by Crippen LogP contribution is 2.19. The van der Waals surface area contributed by atoms with Crippen molar-refractivity contribution in [1.82, 2.24) is 5.32 Å². The Labute approximate surface area is 151 Å². The molecule has 0 radical (unpaired) electrons. The predicted molar refractivity (Wildman–Crippen MR) is 105 cm³/mol. The monoisotopic (exact) mass is 419 g/mol.